The highest BCUT2D eigenvalue weighted by atomic mass is 16.1. The molecular weight excluding hydrogens is 162 g/mol. The SMILES string of the molecule is [2H]C([2H])([2H])NC(=O)c1ccc(C(C)C)cc1. The molecule has 1 N–H and O–H groups in total. The number of rotatable bonds is 2. The quantitative estimate of drug-likeness (QED) is 0.742. The molecule has 0 aromatic heterocycles. The summed E-state index contributed by atoms with van der Waals surface area (Å²) in [7, 11) is 0. The first kappa shape index (κ1) is 6.19. The van der Waals surface area contributed by atoms with E-state index in [1.165, 1.54) is 0 Å². The monoisotopic (exact) mass is 180 g/mol. The van der Waals surface area contributed by atoms with Gasteiger partial charge < -0.3 is 5.32 Å². The fraction of sp³-hybridized carbons (Fsp3) is 0.364. The second kappa shape index (κ2) is 4.08. The van der Waals surface area contributed by atoms with Gasteiger partial charge >= 0.3 is 0 Å². The van der Waals surface area contributed by atoms with Crippen molar-refractivity contribution in [2.24, 2.45) is 0 Å². The summed E-state index contributed by atoms with van der Waals surface area (Å²) in [5.74, 6) is -0.185. The van der Waals surface area contributed by atoms with Crippen molar-refractivity contribution in [2.45, 2.75) is 19.8 Å². The van der Waals surface area contributed by atoms with E-state index in [0.29, 0.717) is 11.5 Å². The van der Waals surface area contributed by atoms with Crippen molar-refractivity contribution in [3.05, 3.63) is 35.4 Å². The molecule has 13 heavy (non-hydrogen) atoms. The van der Waals surface area contributed by atoms with Crippen LogP contribution in [0.25, 0.3) is 0 Å². The second-order valence-corrected chi connectivity index (χ2v) is 3.23. The Kier molecular flexibility index (Phi) is 1.94. The molecule has 0 fully saturated rings. The third-order valence-electron chi connectivity index (χ3n) is 1.95. The van der Waals surface area contributed by atoms with Crippen LogP contribution >= 0.6 is 0 Å². The van der Waals surface area contributed by atoms with Gasteiger partial charge in [0.05, 0.1) is 0 Å². The number of amides is 1. The Labute approximate surface area is 83.2 Å². The van der Waals surface area contributed by atoms with Gasteiger partial charge in [-0.25, -0.2) is 0 Å². The number of benzene rings is 1. The van der Waals surface area contributed by atoms with Crippen molar-refractivity contribution in [1.29, 1.82) is 0 Å². The van der Waals surface area contributed by atoms with E-state index in [4.69, 9.17) is 4.11 Å². The van der Waals surface area contributed by atoms with Gasteiger partial charge in [0.25, 0.3) is 5.91 Å². The summed E-state index contributed by atoms with van der Waals surface area (Å²) in [5, 5.41) is 1.95. The van der Waals surface area contributed by atoms with Crippen molar-refractivity contribution in [3.63, 3.8) is 0 Å². The fourth-order valence-electron chi connectivity index (χ4n) is 1.09. The number of hydrogen-bond acceptors (Lipinski definition) is 1. The normalized spacial score (nSPS) is 14.5. The topological polar surface area (TPSA) is 29.1 Å². The maximum absolute atomic E-state index is 11.5. The summed E-state index contributed by atoms with van der Waals surface area (Å²) in [6, 6.07) is 6.94. The lowest BCUT2D eigenvalue weighted by atomic mass is 10.0. The molecule has 0 atom stereocenters. The van der Waals surface area contributed by atoms with Crippen molar-refractivity contribution in [3.8, 4) is 0 Å². The summed E-state index contributed by atoms with van der Waals surface area (Å²) >= 11 is 0. The molecule has 0 saturated heterocycles. The maximum Gasteiger partial charge on any atom is 0.251 e. The summed E-state index contributed by atoms with van der Waals surface area (Å²) in [5.41, 5.74) is 1.48. The molecule has 2 nitrogen and oxygen atoms in total. The molecule has 0 spiro atoms. The Bertz CT molecular complexity index is 368. The molecule has 0 saturated carbocycles. The predicted octanol–water partition coefficient (Wildman–Crippen LogP) is 2.17. The Morgan fingerprint density at radius 1 is 1.38 bits per heavy atom. The van der Waals surface area contributed by atoms with Crippen LogP contribution in [0.4, 0.5) is 0 Å². The van der Waals surface area contributed by atoms with Crippen molar-refractivity contribution < 1.29 is 8.91 Å². The van der Waals surface area contributed by atoms with Gasteiger partial charge in [0.15, 0.2) is 0 Å². The third kappa shape index (κ3) is 2.31. The van der Waals surface area contributed by atoms with Gasteiger partial charge in [-0.2, -0.15) is 0 Å². The van der Waals surface area contributed by atoms with E-state index < -0.39 is 12.9 Å². The van der Waals surface area contributed by atoms with Crippen LogP contribution < -0.4 is 5.32 Å². The number of carbonyl (C=O) groups excluding carboxylic acids is 1. The van der Waals surface area contributed by atoms with Gasteiger partial charge in [0.2, 0.25) is 0 Å². The summed E-state index contributed by atoms with van der Waals surface area (Å²) in [4.78, 5) is 11.5. The van der Waals surface area contributed by atoms with Crippen molar-refractivity contribution in [1.82, 2.24) is 5.32 Å². The predicted molar refractivity (Wildman–Crippen MR) is 53.9 cm³/mol. The largest absolute Gasteiger partial charge is 0.355 e. The lowest BCUT2D eigenvalue weighted by Crippen LogP contribution is -2.17. The first-order valence-electron chi connectivity index (χ1n) is 5.72. The first-order chi connectivity index (χ1) is 7.29. The Balaban J connectivity index is 2.78. The molecule has 0 aliphatic rings. The smallest absolute Gasteiger partial charge is 0.251 e. The molecule has 1 aromatic carbocycles. The Morgan fingerprint density at radius 3 is 2.46 bits per heavy atom. The minimum absolute atomic E-state index is 0.362. The van der Waals surface area contributed by atoms with Crippen LogP contribution in [0.3, 0.4) is 0 Å². The number of nitrogens with one attached hydrogen (secondary N) is 1. The number of hydrogen-bond donors (Lipinski definition) is 1. The summed E-state index contributed by atoms with van der Waals surface area (Å²) in [6.07, 6.45) is 0. The van der Waals surface area contributed by atoms with Gasteiger partial charge in [0.1, 0.15) is 0 Å². The molecule has 1 amide bonds. The van der Waals surface area contributed by atoms with Crippen molar-refractivity contribution >= 4 is 5.91 Å². The summed E-state index contributed by atoms with van der Waals surface area (Å²) in [6.45, 7) is 1.67. The van der Waals surface area contributed by atoms with Crippen LogP contribution in [-0.4, -0.2) is 12.9 Å². The minimum atomic E-state index is -2.44. The van der Waals surface area contributed by atoms with E-state index in [2.05, 4.69) is 13.8 Å². The molecular formula is C11H15NO. The molecule has 0 bridgehead atoms. The number of carbonyl (C=O) groups is 1. The molecule has 1 rings (SSSR count). The van der Waals surface area contributed by atoms with Crippen LogP contribution in [0.2, 0.25) is 0 Å². The van der Waals surface area contributed by atoms with Crippen molar-refractivity contribution in [2.75, 3.05) is 6.98 Å². The molecule has 0 aliphatic carbocycles. The average molecular weight is 180 g/mol. The Hall–Kier alpha value is -1.31. The van der Waals surface area contributed by atoms with Crippen LogP contribution in [0.15, 0.2) is 24.3 Å². The first-order valence-corrected chi connectivity index (χ1v) is 4.22. The van der Waals surface area contributed by atoms with E-state index in [1.807, 2.05) is 17.4 Å². The van der Waals surface area contributed by atoms with Gasteiger partial charge in [-0.1, -0.05) is 26.0 Å². The zero-order valence-electron chi connectivity index (χ0n) is 10.8. The van der Waals surface area contributed by atoms with Crippen LogP contribution in [0.5, 0.6) is 0 Å². The van der Waals surface area contributed by atoms with E-state index in [1.54, 1.807) is 12.1 Å². The highest BCUT2D eigenvalue weighted by molar-refractivity contribution is 5.93. The van der Waals surface area contributed by atoms with Crippen LogP contribution in [0, 0.1) is 0 Å². The highest BCUT2D eigenvalue weighted by Gasteiger charge is 2.03. The standard InChI is InChI=1S/C11H15NO/c1-8(2)9-4-6-10(7-5-9)11(13)12-3/h4-8H,1-3H3,(H,12,13)/i3D3. The molecule has 70 valence electrons. The van der Waals surface area contributed by atoms with Crippen LogP contribution in [0.1, 0.15) is 39.8 Å². The summed E-state index contributed by atoms with van der Waals surface area (Å²) < 4.78 is 20.8. The maximum atomic E-state index is 11.5. The molecule has 2 heteroatoms. The lowest BCUT2D eigenvalue weighted by molar-refractivity contribution is 0.0963. The fourth-order valence-corrected chi connectivity index (χ4v) is 1.09. The molecule has 0 unspecified atom stereocenters. The van der Waals surface area contributed by atoms with E-state index >= 15 is 0 Å². The average Bonchev–Trinajstić information content (AvgIpc) is 2.15. The molecule has 0 aliphatic heterocycles. The van der Waals surface area contributed by atoms with E-state index in [0.717, 1.165) is 5.56 Å². The van der Waals surface area contributed by atoms with Crippen LogP contribution in [-0.2, 0) is 0 Å². The van der Waals surface area contributed by atoms with Gasteiger partial charge in [-0.15, -0.1) is 0 Å². The molecule has 1 aromatic rings. The van der Waals surface area contributed by atoms with E-state index in [-0.39, 0.29) is 0 Å². The van der Waals surface area contributed by atoms with Gasteiger partial charge in [-0.05, 0) is 23.6 Å². The zero-order chi connectivity index (χ0) is 12.3. The highest BCUT2D eigenvalue weighted by Crippen LogP contribution is 2.14. The molecule has 0 heterocycles. The Morgan fingerprint density at radius 2 is 2.00 bits per heavy atom. The lowest BCUT2D eigenvalue weighted by Gasteiger charge is -2.05. The second-order valence-electron chi connectivity index (χ2n) is 3.23. The third-order valence-corrected chi connectivity index (χ3v) is 1.95. The minimum Gasteiger partial charge on any atom is -0.355 e. The zero-order valence-corrected chi connectivity index (χ0v) is 7.79. The van der Waals surface area contributed by atoms with E-state index in [9.17, 15) is 4.79 Å². The van der Waals surface area contributed by atoms with Gasteiger partial charge in [-0.3, -0.25) is 4.79 Å². The molecule has 0 radical (unpaired) electrons. The van der Waals surface area contributed by atoms with Gasteiger partial charge in [0, 0.05) is 16.7 Å².